The van der Waals surface area contributed by atoms with Crippen molar-refractivity contribution < 1.29 is 28.6 Å². The molecule has 1 atom stereocenters. The number of allylic oxidation sites excluding steroid dienone is 16. The minimum Gasteiger partial charge on any atom is -0.462 e. The van der Waals surface area contributed by atoms with E-state index in [0.717, 1.165) is 109 Å². The van der Waals surface area contributed by atoms with Gasteiger partial charge in [-0.15, -0.1) is 0 Å². The Hall–Kier alpha value is -3.67. The summed E-state index contributed by atoms with van der Waals surface area (Å²) >= 11 is 0. The summed E-state index contributed by atoms with van der Waals surface area (Å²) < 4.78 is 16.8. The number of unbranched alkanes of at least 4 members (excludes halogenated alkanes) is 27. The fourth-order valence-corrected chi connectivity index (χ4v) is 8.30. The fraction of sp³-hybridized carbons (Fsp3) is 0.712. The van der Waals surface area contributed by atoms with E-state index in [1.807, 2.05) is 0 Å². The van der Waals surface area contributed by atoms with Crippen molar-refractivity contribution >= 4 is 17.9 Å². The van der Waals surface area contributed by atoms with Gasteiger partial charge in [-0.05, 0) is 103 Å². The first-order valence-corrected chi connectivity index (χ1v) is 30.2. The van der Waals surface area contributed by atoms with Crippen LogP contribution < -0.4 is 0 Å². The second-order valence-corrected chi connectivity index (χ2v) is 19.9. The quantitative estimate of drug-likeness (QED) is 0.0261. The van der Waals surface area contributed by atoms with Gasteiger partial charge in [0, 0.05) is 19.3 Å². The SMILES string of the molecule is CC/C=C\C/C=C\C/C=C\C/C=C\C/C=C\C/C=C\C/C=C\CCCCCC(=O)OCC(COC(=O)CCCCCCCCCCCC)OC(=O)CCCCCCCCCCC/C=C\CCCCCCCC. The Morgan fingerprint density at radius 1 is 0.292 bits per heavy atom. The minimum absolute atomic E-state index is 0.0873. The van der Waals surface area contributed by atoms with Gasteiger partial charge in [0.05, 0.1) is 0 Å². The van der Waals surface area contributed by atoms with Gasteiger partial charge in [0.2, 0.25) is 0 Å². The van der Waals surface area contributed by atoms with Crippen LogP contribution in [0.15, 0.2) is 97.2 Å². The van der Waals surface area contributed by atoms with Gasteiger partial charge in [0.15, 0.2) is 6.10 Å². The van der Waals surface area contributed by atoms with E-state index in [0.29, 0.717) is 19.3 Å². The molecule has 412 valence electrons. The van der Waals surface area contributed by atoms with Gasteiger partial charge in [-0.2, -0.15) is 0 Å². The zero-order chi connectivity index (χ0) is 52.2. The molecular formula is C66H112O6. The number of carbonyl (C=O) groups is 3. The molecule has 6 nitrogen and oxygen atoms in total. The summed E-state index contributed by atoms with van der Waals surface area (Å²) in [6.45, 7) is 6.49. The summed E-state index contributed by atoms with van der Waals surface area (Å²) in [6.07, 6.45) is 79.8. The third-order valence-electron chi connectivity index (χ3n) is 12.8. The molecule has 0 aliphatic rings. The molecule has 0 aromatic carbocycles. The monoisotopic (exact) mass is 1000 g/mol. The Morgan fingerprint density at radius 2 is 0.542 bits per heavy atom. The Balaban J connectivity index is 4.36. The minimum atomic E-state index is -0.791. The third kappa shape index (κ3) is 57.2. The number of rotatable bonds is 54. The smallest absolute Gasteiger partial charge is 0.306 e. The van der Waals surface area contributed by atoms with Crippen LogP contribution in [-0.2, 0) is 28.6 Å². The lowest BCUT2D eigenvalue weighted by atomic mass is 10.1. The van der Waals surface area contributed by atoms with Crippen LogP contribution in [0.5, 0.6) is 0 Å². The van der Waals surface area contributed by atoms with Crippen LogP contribution in [0.4, 0.5) is 0 Å². The lowest BCUT2D eigenvalue weighted by molar-refractivity contribution is -0.167. The van der Waals surface area contributed by atoms with Crippen molar-refractivity contribution in [3.05, 3.63) is 97.2 Å². The van der Waals surface area contributed by atoms with Gasteiger partial charge in [-0.1, -0.05) is 259 Å². The van der Waals surface area contributed by atoms with Crippen molar-refractivity contribution in [3.63, 3.8) is 0 Å². The average Bonchev–Trinajstić information content (AvgIpc) is 3.38. The van der Waals surface area contributed by atoms with Crippen molar-refractivity contribution in [3.8, 4) is 0 Å². The maximum absolute atomic E-state index is 12.9. The largest absolute Gasteiger partial charge is 0.462 e. The molecule has 0 bridgehead atoms. The van der Waals surface area contributed by atoms with E-state index in [9.17, 15) is 14.4 Å². The fourth-order valence-electron chi connectivity index (χ4n) is 8.30. The van der Waals surface area contributed by atoms with Gasteiger partial charge in [-0.3, -0.25) is 14.4 Å². The number of hydrogen-bond donors (Lipinski definition) is 0. The Bertz CT molecular complexity index is 1430. The van der Waals surface area contributed by atoms with E-state index in [-0.39, 0.29) is 31.1 Å². The molecule has 0 rings (SSSR count). The predicted octanol–water partition coefficient (Wildman–Crippen LogP) is 20.5. The van der Waals surface area contributed by atoms with Gasteiger partial charge in [0.1, 0.15) is 13.2 Å². The molecule has 0 aromatic rings. The zero-order valence-electron chi connectivity index (χ0n) is 47.2. The lowest BCUT2D eigenvalue weighted by Crippen LogP contribution is -2.30. The predicted molar refractivity (Wildman–Crippen MR) is 311 cm³/mol. The standard InChI is InChI=1S/C66H112O6/c1-4-7-10-13-16-19-22-24-26-28-30-31-32-33-34-35-37-38-40-42-44-47-50-53-56-59-65(68)71-62-63(61-70-64(67)58-55-52-49-46-21-18-15-12-9-6-3)72-66(69)60-57-54-51-48-45-43-41-39-36-29-27-25-23-20-17-14-11-8-5-2/h7,10,16,19,24-27,30-31,33-34,37-38,42,44,63H,4-6,8-9,11-15,17-18,20-23,28-29,32,35-36,39-41,43,45-62H2,1-3H3/b10-7-,19-16-,26-24-,27-25-,31-30-,34-33-,38-37-,44-42-. The van der Waals surface area contributed by atoms with E-state index in [1.54, 1.807) is 0 Å². The van der Waals surface area contributed by atoms with Crippen LogP contribution in [0.25, 0.3) is 0 Å². The molecule has 0 saturated heterocycles. The Labute approximate surface area is 445 Å². The highest BCUT2D eigenvalue weighted by Gasteiger charge is 2.19. The van der Waals surface area contributed by atoms with Gasteiger partial charge in [-0.25, -0.2) is 0 Å². The van der Waals surface area contributed by atoms with Crippen LogP contribution in [0.3, 0.4) is 0 Å². The maximum Gasteiger partial charge on any atom is 0.306 e. The molecule has 0 aromatic heterocycles. The van der Waals surface area contributed by atoms with E-state index in [1.165, 1.54) is 135 Å². The van der Waals surface area contributed by atoms with E-state index in [2.05, 4.69) is 118 Å². The maximum atomic E-state index is 12.9. The van der Waals surface area contributed by atoms with Crippen LogP contribution in [0, 0.1) is 0 Å². The summed E-state index contributed by atoms with van der Waals surface area (Å²) in [5.74, 6) is -0.919. The van der Waals surface area contributed by atoms with Crippen molar-refractivity contribution in [2.24, 2.45) is 0 Å². The lowest BCUT2D eigenvalue weighted by Gasteiger charge is -2.18. The molecule has 0 spiro atoms. The van der Waals surface area contributed by atoms with Gasteiger partial charge in [0.25, 0.3) is 0 Å². The zero-order valence-corrected chi connectivity index (χ0v) is 47.2. The summed E-state index contributed by atoms with van der Waals surface area (Å²) in [6, 6.07) is 0. The highest BCUT2D eigenvalue weighted by Crippen LogP contribution is 2.15. The van der Waals surface area contributed by atoms with Crippen molar-refractivity contribution in [2.75, 3.05) is 13.2 Å². The van der Waals surface area contributed by atoms with E-state index in [4.69, 9.17) is 14.2 Å². The second kappa shape index (κ2) is 59.9. The van der Waals surface area contributed by atoms with Crippen LogP contribution >= 0.6 is 0 Å². The summed E-state index contributed by atoms with van der Waals surface area (Å²) in [5, 5.41) is 0. The molecule has 0 aliphatic carbocycles. The molecule has 0 amide bonds. The second-order valence-electron chi connectivity index (χ2n) is 19.9. The first-order chi connectivity index (χ1) is 35.5. The highest BCUT2D eigenvalue weighted by atomic mass is 16.6. The summed E-state index contributed by atoms with van der Waals surface area (Å²) in [5.41, 5.74) is 0. The third-order valence-corrected chi connectivity index (χ3v) is 12.8. The van der Waals surface area contributed by atoms with Crippen LogP contribution in [-0.4, -0.2) is 37.2 Å². The number of esters is 3. The molecule has 0 N–H and O–H groups in total. The highest BCUT2D eigenvalue weighted by molar-refractivity contribution is 5.71. The molecule has 72 heavy (non-hydrogen) atoms. The first-order valence-electron chi connectivity index (χ1n) is 30.2. The van der Waals surface area contributed by atoms with Crippen LogP contribution in [0.2, 0.25) is 0 Å². The van der Waals surface area contributed by atoms with Crippen molar-refractivity contribution in [1.82, 2.24) is 0 Å². The first kappa shape index (κ1) is 68.3. The molecule has 0 heterocycles. The van der Waals surface area contributed by atoms with Gasteiger partial charge >= 0.3 is 17.9 Å². The number of ether oxygens (including phenoxy) is 3. The Morgan fingerprint density at radius 3 is 0.875 bits per heavy atom. The molecular weight excluding hydrogens is 889 g/mol. The molecule has 0 radical (unpaired) electrons. The average molecular weight is 1000 g/mol. The van der Waals surface area contributed by atoms with Gasteiger partial charge < -0.3 is 14.2 Å². The molecule has 1 unspecified atom stereocenters. The Kier molecular flexibility index (Phi) is 56.8. The van der Waals surface area contributed by atoms with Crippen LogP contribution in [0.1, 0.15) is 284 Å². The number of carbonyl (C=O) groups excluding carboxylic acids is 3. The van der Waals surface area contributed by atoms with Crippen molar-refractivity contribution in [1.29, 1.82) is 0 Å². The van der Waals surface area contributed by atoms with E-state index >= 15 is 0 Å². The van der Waals surface area contributed by atoms with Crippen molar-refractivity contribution in [2.45, 2.75) is 290 Å². The normalized spacial score (nSPS) is 12.8. The molecule has 0 fully saturated rings. The topological polar surface area (TPSA) is 78.9 Å². The summed E-state index contributed by atoms with van der Waals surface area (Å²) in [4.78, 5) is 38.1. The molecule has 0 aliphatic heterocycles. The summed E-state index contributed by atoms with van der Waals surface area (Å²) in [7, 11) is 0. The van der Waals surface area contributed by atoms with E-state index < -0.39 is 6.10 Å². The number of hydrogen-bond acceptors (Lipinski definition) is 6. The molecule has 6 heteroatoms. The molecule has 0 saturated carbocycles.